The highest BCUT2D eigenvalue weighted by Gasteiger charge is 2.14. The Hall–Kier alpha value is -1.32. The molecule has 3 nitrogen and oxygen atoms in total. The molecule has 1 atom stereocenters. The minimum atomic E-state index is 0.425. The Labute approximate surface area is 119 Å². The van der Waals surface area contributed by atoms with Crippen LogP contribution in [0, 0.1) is 0 Å². The zero-order valence-corrected chi connectivity index (χ0v) is 12.2. The Morgan fingerprint density at radius 2 is 2.11 bits per heavy atom. The molecule has 0 saturated heterocycles. The monoisotopic (exact) mass is 277 g/mol. The lowest BCUT2D eigenvalue weighted by Crippen LogP contribution is -2.18. The molecule has 2 aromatic rings. The molecule has 102 valence electrons. The van der Waals surface area contributed by atoms with Gasteiger partial charge in [-0.05, 0) is 43.5 Å². The van der Waals surface area contributed by atoms with Crippen molar-refractivity contribution >= 4 is 11.6 Å². The van der Waals surface area contributed by atoms with Crippen molar-refractivity contribution in [2.75, 3.05) is 13.6 Å². The maximum absolute atomic E-state index is 6.30. The Morgan fingerprint density at radius 1 is 1.32 bits per heavy atom. The van der Waals surface area contributed by atoms with E-state index in [0.29, 0.717) is 5.92 Å². The molecule has 0 saturated carbocycles. The molecule has 1 unspecified atom stereocenters. The largest absolute Gasteiger partial charge is 0.319 e. The fraction of sp³-hybridized carbons (Fsp3) is 0.400. The summed E-state index contributed by atoms with van der Waals surface area (Å²) in [6.07, 6.45) is 3.91. The summed E-state index contributed by atoms with van der Waals surface area (Å²) in [5.41, 5.74) is 2.48. The molecule has 1 aromatic carbocycles. The van der Waals surface area contributed by atoms with E-state index in [1.807, 2.05) is 43.2 Å². The zero-order chi connectivity index (χ0) is 13.7. The molecule has 0 aliphatic heterocycles. The van der Waals surface area contributed by atoms with Crippen LogP contribution < -0.4 is 5.32 Å². The number of rotatable bonds is 6. The van der Waals surface area contributed by atoms with Gasteiger partial charge in [0.1, 0.15) is 0 Å². The molecule has 0 aliphatic carbocycles. The van der Waals surface area contributed by atoms with Crippen LogP contribution in [0.2, 0.25) is 5.02 Å². The fourth-order valence-electron chi connectivity index (χ4n) is 2.39. The third kappa shape index (κ3) is 3.58. The van der Waals surface area contributed by atoms with Gasteiger partial charge >= 0.3 is 0 Å². The van der Waals surface area contributed by atoms with Crippen LogP contribution in [0.5, 0.6) is 0 Å². The number of nitrogens with one attached hydrogen (secondary N) is 1. The summed E-state index contributed by atoms with van der Waals surface area (Å²) in [6.45, 7) is 0.932. The molecule has 1 N–H and O–H groups in total. The van der Waals surface area contributed by atoms with Crippen molar-refractivity contribution in [3.8, 4) is 0 Å². The van der Waals surface area contributed by atoms with E-state index >= 15 is 0 Å². The lowest BCUT2D eigenvalue weighted by Gasteiger charge is -2.18. The van der Waals surface area contributed by atoms with Crippen molar-refractivity contribution in [3.05, 3.63) is 52.8 Å². The van der Waals surface area contributed by atoms with Gasteiger partial charge in [-0.2, -0.15) is 5.10 Å². The van der Waals surface area contributed by atoms with Crippen LogP contribution in [0.3, 0.4) is 0 Å². The number of aromatic nitrogens is 2. The highest BCUT2D eigenvalue weighted by atomic mass is 35.5. The topological polar surface area (TPSA) is 29.9 Å². The van der Waals surface area contributed by atoms with Gasteiger partial charge in [0, 0.05) is 30.5 Å². The Balaban J connectivity index is 2.09. The van der Waals surface area contributed by atoms with Crippen LogP contribution in [0.4, 0.5) is 0 Å². The predicted octanol–water partition coefficient (Wildman–Crippen LogP) is 3.01. The van der Waals surface area contributed by atoms with Gasteiger partial charge in [0.05, 0.1) is 0 Å². The Kier molecular flexibility index (Phi) is 5.00. The smallest absolute Gasteiger partial charge is 0.0492 e. The minimum absolute atomic E-state index is 0.425. The average Bonchev–Trinajstić information content (AvgIpc) is 2.81. The molecule has 0 radical (unpaired) electrons. The molecule has 0 aliphatic rings. The van der Waals surface area contributed by atoms with Crippen LogP contribution in [0.25, 0.3) is 0 Å². The van der Waals surface area contributed by atoms with E-state index in [9.17, 15) is 0 Å². The second-order valence-corrected chi connectivity index (χ2v) is 5.17. The highest BCUT2D eigenvalue weighted by Crippen LogP contribution is 2.27. The van der Waals surface area contributed by atoms with E-state index in [0.717, 1.165) is 24.4 Å². The first-order valence-electron chi connectivity index (χ1n) is 6.58. The predicted molar refractivity (Wildman–Crippen MR) is 79.6 cm³/mol. The molecule has 0 fully saturated rings. The molecule has 1 heterocycles. The summed E-state index contributed by atoms with van der Waals surface area (Å²) < 4.78 is 1.93. The van der Waals surface area contributed by atoms with E-state index in [-0.39, 0.29) is 0 Å². The van der Waals surface area contributed by atoms with Crippen molar-refractivity contribution in [1.29, 1.82) is 0 Å². The number of likely N-dealkylation sites (N-methyl/N-ethyl adjacent to an activating group) is 1. The van der Waals surface area contributed by atoms with E-state index in [1.54, 1.807) is 0 Å². The third-order valence-electron chi connectivity index (χ3n) is 3.47. The Bertz CT molecular complexity index is 522. The van der Waals surface area contributed by atoms with E-state index < -0.39 is 0 Å². The molecule has 1 aromatic heterocycles. The van der Waals surface area contributed by atoms with Crippen molar-refractivity contribution in [2.24, 2.45) is 7.05 Å². The number of nitrogens with zero attached hydrogens (tertiary/aromatic N) is 2. The maximum atomic E-state index is 6.30. The van der Waals surface area contributed by atoms with E-state index in [4.69, 9.17) is 11.6 Å². The number of hydrogen-bond donors (Lipinski definition) is 1. The SMILES string of the molecule is CNCC(CCc1ccnn1C)c1ccccc1Cl. The summed E-state index contributed by atoms with van der Waals surface area (Å²) in [5, 5.41) is 8.32. The first-order valence-corrected chi connectivity index (χ1v) is 6.96. The van der Waals surface area contributed by atoms with Crippen LogP contribution in [0.15, 0.2) is 36.5 Å². The van der Waals surface area contributed by atoms with Crippen LogP contribution in [-0.2, 0) is 13.5 Å². The molecule has 0 amide bonds. The summed E-state index contributed by atoms with van der Waals surface area (Å²) in [4.78, 5) is 0. The minimum Gasteiger partial charge on any atom is -0.319 e. The molecular weight excluding hydrogens is 258 g/mol. The van der Waals surface area contributed by atoms with Crippen LogP contribution in [-0.4, -0.2) is 23.4 Å². The summed E-state index contributed by atoms with van der Waals surface area (Å²) in [5.74, 6) is 0.425. The standard InChI is InChI=1S/C15H20ClN3/c1-17-11-12(14-5-3-4-6-15(14)16)7-8-13-9-10-18-19(13)2/h3-6,9-10,12,17H,7-8,11H2,1-2H3. The summed E-state index contributed by atoms with van der Waals surface area (Å²) >= 11 is 6.30. The van der Waals surface area contributed by atoms with E-state index in [1.165, 1.54) is 11.3 Å². The van der Waals surface area contributed by atoms with Gasteiger partial charge in [-0.25, -0.2) is 0 Å². The normalized spacial score (nSPS) is 12.6. The second kappa shape index (κ2) is 6.73. The fourth-order valence-corrected chi connectivity index (χ4v) is 2.68. The van der Waals surface area contributed by atoms with Crippen LogP contribution >= 0.6 is 11.6 Å². The van der Waals surface area contributed by atoms with Crippen LogP contribution in [0.1, 0.15) is 23.6 Å². The maximum Gasteiger partial charge on any atom is 0.0492 e. The van der Waals surface area contributed by atoms with Crippen molar-refractivity contribution < 1.29 is 0 Å². The quantitative estimate of drug-likeness (QED) is 0.880. The summed E-state index contributed by atoms with van der Waals surface area (Å²) in [6, 6.07) is 10.2. The van der Waals surface area contributed by atoms with Gasteiger partial charge in [-0.1, -0.05) is 29.8 Å². The lowest BCUT2D eigenvalue weighted by molar-refractivity contribution is 0.567. The van der Waals surface area contributed by atoms with E-state index in [2.05, 4.69) is 22.5 Å². The van der Waals surface area contributed by atoms with Crippen molar-refractivity contribution in [2.45, 2.75) is 18.8 Å². The van der Waals surface area contributed by atoms with Gasteiger partial charge in [-0.15, -0.1) is 0 Å². The molecule has 4 heteroatoms. The van der Waals surface area contributed by atoms with Gasteiger partial charge in [-0.3, -0.25) is 4.68 Å². The Morgan fingerprint density at radius 3 is 2.74 bits per heavy atom. The zero-order valence-electron chi connectivity index (χ0n) is 11.4. The first-order chi connectivity index (χ1) is 9.22. The number of aryl methyl sites for hydroxylation is 2. The summed E-state index contributed by atoms with van der Waals surface area (Å²) in [7, 11) is 3.96. The second-order valence-electron chi connectivity index (χ2n) is 4.76. The van der Waals surface area contributed by atoms with Gasteiger partial charge in [0.15, 0.2) is 0 Å². The first kappa shape index (κ1) is 14.1. The molecule has 19 heavy (non-hydrogen) atoms. The number of halogens is 1. The number of hydrogen-bond acceptors (Lipinski definition) is 2. The molecule has 0 bridgehead atoms. The van der Waals surface area contributed by atoms with Crippen molar-refractivity contribution in [1.82, 2.24) is 15.1 Å². The highest BCUT2D eigenvalue weighted by molar-refractivity contribution is 6.31. The van der Waals surface area contributed by atoms with Gasteiger partial charge in [0.25, 0.3) is 0 Å². The van der Waals surface area contributed by atoms with Gasteiger partial charge < -0.3 is 5.32 Å². The molecule has 2 rings (SSSR count). The average molecular weight is 278 g/mol. The third-order valence-corrected chi connectivity index (χ3v) is 3.81. The lowest BCUT2D eigenvalue weighted by atomic mass is 9.93. The number of benzene rings is 1. The molecule has 0 spiro atoms. The van der Waals surface area contributed by atoms with Crippen molar-refractivity contribution in [3.63, 3.8) is 0 Å². The molecular formula is C15H20ClN3. The van der Waals surface area contributed by atoms with Gasteiger partial charge in [0.2, 0.25) is 0 Å².